The standard InChI is InChI=1S/C22H22N4O2/c1-17(27)18-5-7-20(8-6-18)24-11-13-25(14-12-24)22(28)19-3-2-4-21(15-19)26-10-9-23-16-26/h2-10,15-16H,11-14H2,1H3. The number of benzene rings is 2. The minimum absolute atomic E-state index is 0.0496. The van der Waals surface area contributed by atoms with Gasteiger partial charge in [0.05, 0.1) is 6.33 Å². The van der Waals surface area contributed by atoms with Gasteiger partial charge in [-0.25, -0.2) is 4.98 Å². The number of amides is 1. The normalized spacial score (nSPS) is 14.2. The molecule has 1 aliphatic rings. The molecule has 6 heteroatoms. The highest BCUT2D eigenvalue weighted by atomic mass is 16.2. The Morgan fingerprint density at radius 1 is 0.893 bits per heavy atom. The summed E-state index contributed by atoms with van der Waals surface area (Å²) in [6.45, 7) is 4.45. The van der Waals surface area contributed by atoms with E-state index in [1.165, 1.54) is 0 Å². The van der Waals surface area contributed by atoms with Crippen LogP contribution in [0.4, 0.5) is 5.69 Å². The number of aromatic nitrogens is 2. The van der Waals surface area contributed by atoms with Gasteiger partial charge in [0.2, 0.25) is 0 Å². The van der Waals surface area contributed by atoms with Gasteiger partial charge in [-0.15, -0.1) is 0 Å². The number of nitrogens with zero attached hydrogens (tertiary/aromatic N) is 4. The first kappa shape index (κ1) is 18.0. The predicted molar refractivity (Wildman–Crippen MR) is 108 cm³/mol. The second-order valence-electron chi connectivity index (χ2n) is 6.90. The Morgan fingerprint density at radius 2 is 1.64 bits per heavy atom. The summed E-state index contributed by atoms with van der Waals surface area (Å²) in [5, 5.41) is 0. The van der Waals surface area contributed by atoms with Crippen LogP contribution in [0.2, 0.25) is 0 Å². The van der Waals surface area contributed by atoms with Gasteiger partial charge in [0, 0.05) is 61.1 Å². The topological polar surface area (TPSA) is 58.4 Å². The summed E-state index contributed by atoms with van der Waals surface area (Å²) in [6, 6.07) is 15.3. The molecule has 4 rings (SSSR count). The maximum atomic E-state index is 12.9. The summed E-state index contributed by atoms with van der Waals surface area (Å²) in [6.07, 6.45) is 5.30. The number of carbonyl (C=O) groups is 2. The lowest BCUT2D eigenvalue weighted by molar-refractivity contribution is 0.0746. The van der Waals surface area contributed by atoms with E-state index in [0.29, 0.717) is 18.7 Å². The molecule has 0 N–H and O–H groups in total. The van der Waals surface area contributed by atoms with E-state index in [4.69, 9.17) is 0 Å². The average Bonchev–Trinajstić information content (AvgIpc) is 3.28. The first-order chi connectivity index (χ1) is 13.6. The minimum atomic E-state index is 0.0496. The molecule has 1 saturated heterocycles. The molecule has 0 unspecified atom stereocenters. The second-order valence-corrected chi connectivity index (χ2v) is 6.90. The lowest BCUT2D eigenvalue weighted by Gasteiger charge is -2.36. The molecular formula is C22H22N4O2. The van der Waals surface area contributed by atoms with Gasteiger partial charge in [-0.05, 0) is 49.4 Å². The molecule has 1 aromatic heterocycles. The van der Waals surface area contributed by atoms with E-state index in [1.54, 1.807) is 19.4 Å². The van der Waals surface area contributed by atoms with Gasteiger partial charge >= 0.3 is 0 Å². The quantitative estimate of drug-likeness (QED) is 0.659. The maximum Gasteiger partial charge on any atom is 0.254 e. The van der Waals surface area contributed by atoms with Crippen LogP contribution in [0.15, 0.2) is 67.3 Å². The zero-order valence-corrected chi connectivity index (χ0v) is 15.8. The van der Waals surface area contributed by atoms with Crippen LogP contribution in [-0.2, 0) is 0 Å². The smallest absolute Gasteiger partial charge is 0.254 e. The number of rotatable bonds is 4. The fraction of sp³-hybridized carbons (Fsp3) is 0.227. The van der Waals surface area contributed by atoms with Gasteiger partial charge in [0.15, 0.2) is 5.78 Å². The number of hydrogen-bond donors (Lipinski definition) is 0. The molecule has 3 aromatic rings. The summed E-state index contributed by atoms with van der Waals surface area (Å²) >= 11 is 0. The molecule has 1 fully saturated rings. The summed E-state index contributed by atoms with van der Waals surface area (Å²) in [5.74, 6) is 0.119. The number of piperazine rings is 1. The van der Waals surface area contributed by atoms with E-state index in [0.717, 1.165) is 30.0 Å². The Labute approximate surface area is 164 Å². The Morgan fingerprint density at radius 3 is 2.29 bits per heavy atom. The predicted octanol–water partition coefficient (Wildman–Crippen LogP) is 3.04. The third kappa shape index (κ3) is 3.67. The summed E-state index contributed by atoms with van der Waals surface area (Å²) in [7, 11) is 0. The average molecular weight is 374 g/mol. The number of hydrogen-bond acceptors (Lipinski definition) is 4. The zero-order valence-electron chi connectivity index (χ0n) is 15.8. The van der Waals surface area contributed by atoms with Crippen LogP contribution in [-0.4, -0.2) is 52.3 Å². The molecule has 2 aromatic carbocycles. The lowest BCUT2D eigenvalue weighted by Crippen LogP contribution is -2.48. The molecule has 0 spiro atoms. The van der Waals surface area contributed by atoms with Gasteiger partial charge in [0.25, 0.3) is 5.91 Å². The van der Waals surface area contributed by atoms with Crippen molar-refractivity contribution < 1.29 is 9.59 Å². The van der Waals surface area contributed by atoms with Crippen molar-refractivity contribution in [2.45, 2.75) is 6.92 Å². The molecular weight excluding hydrogens is 352 g/mol. The first-order valence-electron chi connectivity index (χ1n) is 9.35. The minimum Gasteiger partial charge on any atom is -0.368 e. The van der Waals surface area contributed by atoms with Crippen molar-refractivity contribution in [3.63, 3.8) is 0 Å². The van der Waals surface area contributed by atoms with Crippen molar-refractivity contribution in [3.8, 4) is 5.69 Å². The molecule has 0 aliphatic carbocycles. The third-order valence-corrected chi connectivity index (χ3v) is 5.10. The monoisotopic (exact) mass is 374 g/mol. The van der Waals surface area contributed by atoms with E-state index in [2.05, 4.69) is 9.88 Å². The highest BCUT2D eigenvalue weighted by molar-refractivity contribution is 5.95. The van der Waals surface area contributed by atoms with Crippen molar-refractivity contribution in [2.24, 2.45) is 0 Å². The largest absolute Gasteiger partial charge is 0.368 e. The SMILES string of the molecule is CC(=O)c1ccc(N2CCN(C(=O)c3cccc(-n4ccnc4)c3)CC2)cc1. The summed E-state index contributed by atoms with van der Waals surface area (Å²) < 4.78 is 1.89. The van der Waals surface area contributed by atoms with Gasteiger partial charge in [-0.2, -0.15) is 0 Å². The number of Topliss-reactive ketones (excluding diaryl/α,β-unsaturated/α-hetero) is 1. The molecule has 0 atom stereocenters. The van der Waals surface area contributed by atoms with E-state index in [-0.39, 0.29) is 11.7 Å². The molecule has 0 saturated carbocycles. The van der Waals surface area contributed by atoms with E-state index < -0.39 is 0 Å². The van der Waals surface area contributed by atoms with Crippen LogP contribution in [0.1, 0.15) is 27.6 Å². The van der Waals surface area contributed by atoms with Gasteiger partial charge in [-0.1, -0.05) is 6.07 Å². The molecule has 28 heavy (non-hydrogen) atoms. The molecule has 1 amide bonds. The fourth-order valence-electron chi connectivity index (χ4n) is 3.47. The Hall–Kier alpha value is -3.41. The van der Waals surface area contributed by atoms with E-state index >= 15 is 0 Å². The molecule has 0 bridgehead atoms. The van der Waals surface area contributed by atoms with Gasteiger partial charge < -0.3 is 14.4 Å². The highest BCUT2D eigenvalue weighted by Gasteiger charge is 2.22. The summed E-state index contributed by atoms with van der Waals surface area (Å²) in [4.78, 5) is 32.6. The number of ketones is 1. The van der Waals surface area contributed by atoms with Crippen LogP contribution in [0.3, 0.4) is 0 Å². The highest BCUT2D eigenvalue weighted by Crippen LogP contribution is 2.19. The number of carbonyl (C=O) groups excluding carboxylic acids is 2. The fourth-order valence-corrected chi connectivity index (χ4v) is 3.47. The van der Waals surface area contributed by atoms with E-state index in [1.807, 2.05) is 64.2 Å². The third-order valence-electron chi connectivity index (χ3n) is 5.10. The van der Waals surface area contributed by atoms with Crippen molar-refractivity contribution in [2.75, 3.05) is 31.1 Å². The van der Waals surface area contributed by atoms with Crippen LogP contribution < -0.4 is 4.90 Å². The van der Waals surface area contributed by atoms with Crippen molar-refractivity contribution in [3.05, 3.63) is 78.4 Å². The summed E-state index contributed by atoms with van der Waals surface area (Å²) in [5.41, 5.74) is 3.41. The van der Waals surface area contributed by atoms with Gasteiger partial charge in [0.1, 0.15) is 0 Å². The second kappa shape index (κ2) is 7.68. The molecule has 0 radical (unpaired) electrons. The van der Waals surface area contributed by atoms with Crippen LogP contribution in [0.5, 0.6) is 0 Å². The Balaban J connectivity index is 1.41. The number of anilines is 1. The van der Waals surface area contributed by atoms with Crippen LogP contribution in [0.25, 0.3) is 5.69 Å². The van der Waals surface area contributed by atoms with Gasteiger partial charge in [-0.3, -0.25) is 9.59 Å². The van der Waals surface area contributed by atoms with Crippen molar-refractivity contribution in [1.82, 2.24) is 14.5 Å². The molecule has 142 valence electrons. The van der Waals surface area contributed by atoms with E-state index in [9.17, 15) is 9.59 Å². The number of imidazole rings is 1. The molecule has 6 nitrogen and oxygen atoms in total. The maximum absolute atomic E-state index is 12.9. The van der Waals surface area contributed by atoms with Crippen molar-refractivity contribution in [1.29, 1.82) is 0 Å². The van der Waals surface area contributed by atoms with Crippen LogP contribution in [0, 0.1) is 0 Å². The molecule has 2 heterocycles. The first-order valence-corrected chi connectivity index (χ1v) is 9.35. The zero-order chi connectivity index (χ0) is 19.5. The molecule has 1 aliphatic heterocycles. The lowest BCUT2D eigenvalue weighted by atomic mass is 10.1. The van der Waals surface area contributed by atoms with Crippen molar-refractivity contribution >= 4 is 17.4 Å². The Bertz CT molecular complexity index is 972. The van der Waals surface area contributed by atoms with Crippen LogP contribution >= 0.6 is 0 Å². The Kier molecular flexibility index (Phi) is 4.93.